The number of ether oxygens (including phenoxy) is 1. The van der Waals surface area contributed by atoms with Crippen molar-refractivity contribution < 1.29 is 19.4 Å². The molecule has 0 saturated heterocycles. The van der Waals surface area contributed by atoms with Gasteiger partial charge < -0.3 is 9.84 Å². The molecule has 0 heterocycles. The first-order chi connectivity index (χ1) is 6.78. The standard InChI is InChI=1S/C11H18O4/c1-11(2,3)15-9(12)6-7-4-8(5-7)10(13)14/h7-8H,4-6H2,1-3H3,(H,13,14)/t7-,8-. The second kappa shape index (κ2) is 4.21. The smallest absolute Gasteiger partial charge is 0.306 e. The first-order valence-corrected chi connectivity index (χ1v) is 5.22. The molecule has 0 amide bonds. The van der Waals surface area contributed by atoms with Crippen molar-refractivity contribution in [3.05, 3.63) is 0 Å². The largest absolute Gasteiger partial charge is 0.481 e. The van der Waals surface area contributed by atoms with Crippen molar-refractivity contribution in [1.29, 1.82) is 0 Å². The zero-order valence-corrected chi connectivity index (χ0v) is 9.45. The Morgan fingerprint density at radius 1 is 1.33 bits per heavy atom. The maximum Gasteiger partial charge on any atom is 0.306 e. The summed E-state index contributed by atoms with van der Waals surface area (Å²) in [5.74, 6) is -1.04. The Morgan fingerprint density at radius 3 is 2.27 bits per heavy atom. The minimum atomic E-state index is -0.754. The van der Waals surface area contributed by atoms with E-state index in [4.69, 9.17) is 9.84 Å². The lowest BCUT2D eigenvalue weighted by atomic mass is 9.73. The number of carboxylic acids is 1. The van der Waals surface area contributed by atoms with E-state index in [1.54, 1.807) is 0 Å². The first-order valence-electron chi connectivity index (χ1n) is 5.22. The Labute approximate surface area is 89.6 Å². The SMILES string of the molecule is CC(C)(C)OC(=O)C[C@H]1C[C@H](C(=O)O)C1. The molecule has 0 aliphatic heterocycles. The molecule has 1 rings (SSSR count). The Kier molecular flexibility index (Phi) is 3.37. The van der Waals surface area contributed by atoms with Crippen LogP contribution in [0.5, 0.6) is 0 Å². The molecule has 0 spiro atoms. The monoisotopic (exact) mass is 214 g/mol. The lowest BCUT2D eigenvalue weighted by Crippen LogP contribution is -2.33. The number of carbonyl (C=O) groups is 2. The van der Waals surface area contributed by atoms with Crippen molar-refractivity contribution in [2.45, 2.75) is 45.6 Å². The number of esters is 1. The molecule has 4 nitrogen and oxygen atoms in total. The molecule has 1 aliphatic rings. The molecular weight excluding hydrogens is 196 g/mol. The van der Waals surface area contributed by atoms with Crippen LogP contribution in [0.1, 0.15) is 40.0 Å². The van der Waals surface area contributed by atoms with Gasteiger partial charge in [-0.3, -0.25) is 9.59 Å². The van der Waals surface area contributed by atoms with Gasteiger partial charge in [-0.15, -0.1) is 0 Å². The third-order valence-electron chi connectivity index (χ3n) is 2.46. The van der Waals surface area contributed by atoms with E-state index in [1.807, 2.05) is 20.8 Å². The summed E-state index contributed by atoms with van der Waals surface area (Å²) in [4.78, 5) is 21.9. The van der Waals surface area contributed by atoms with Crippen LogP contribution in [0, 0.1) is 11.8 Å². The number of hydrogen-bond acceptors (Lipinski definition) is 3. The highest BCUT2D eigenvalue weighted by Crippen LogP contribution is 2.36. The van der Waals surface area contributed by atoms with Gasteiger partial charge in [0, 0.05) is 6.42 Å². The third-order valence-corrected chi connectivity index (χ3v) is 2.46. The van der Waals surface area contributed by atoms with E-state index >= 15 is 0 Å². The van der Waals surface area contributed by atoms with Gasteiger partial charge in [0.1, 0.15) is 5.60 Å². The van der Waals surface area contributed by atoms with E-state index in [1.165, 1.54) is 0 Å². The number of rotatable bonds is 3. The normalized spacial score (nSPS) is 25.5. The van der Waals surface area contributed by atoms with E-state index < -0.39 is 11.6 Å². The fourth-order valence-corrected chi connectivity index (χ4v) is 1.72. The molecule has 86 valence electrons. The number of hydrogen-bond donors (Lipinski definition) is 1. The molecule has 15 heavy (non-hydrogen) atoms. The van der Waals surface area contributed by atoms with Crippen LogP contribution >= 0.6 is 0 Å². The number of carboxylic acid groups (broad SMARTS) is 1. The summed E-state index contributed by atoms with van der Waals surface area (Å²) in [5, 5.41) is 8.66. The van der Waals surface area contributed by atoms with Gasteiger partial charge in [0.25, 0.3) is 0 Å². The maximum absolute atomic E-state index is 11.4. The fourth-order valence-electron chi connectivity index (χ4n) is 1.72. The predicted molar refractivity (Wildman–Crippen MR) is 54.3 cm³/mol. The van der Waals surface area contributed by atoms with E-state index in [9.17, 15) is 9.59 Å². The first kappa shape index (κ1) is 12.0. The molecule has 0 unspecified atom stereocenters. The van der Waals surface area contributed by atoms with E-state index in [-0.39, 0.29) is 17.8 Å². The molecule has 1 saturated carbocycles. The van der Waals surface area contributed by atoms with Gasteiger partial charge in [0.2, 0.25) is 0 Å². The van der Waals surface area contributed by atoms with Crippen LogP contribution in [0.2, 0.25) is 0 Å². The van der Waals surface area contributed by atoms with Gasteiger partial charge in [-0.1, -0.05) is 0 Å². The molecule has 1 aliphatic carbocycles. The highest BCUT2D eigenvalue weighted by atomic mass is 16.6. The summed E-state index contributed by atoms with van der Waals surface area (Å²) in [6.07, 6.45) is 1.56. The molecule has 0 radical (unpaired) electrons. The van der Waals surface area contributed by atoms with Crippen molar-refractivity contribution in [2.75, 3.05) is 0 Å². The van der Waals surface area contributed by atoms with Gasteiger partial charge >= 0.3 is 11.9 Å². The molecule has 0 atom stereocenters. The van der Waals surface area contributed by atoms with Crippen LogP contribution in [0.15, 0.2) is 0 Å². The Hall–Kier alpha value is -1.06. The van der Waals surface area contributed by atoms with Gasteiger partial charge in [-0.25, -0.2) is 0 Å². The van der Waals surface area contributed by atoms with Crippen LogP contribution in [0.3, 0.4) is 0 Å². The molecule has 0 aromatic carbocycles. The van der Waals surface area contributed by atoms with Crippen molar-refractivity contribution in [2.24, 2.45) is 11.8 Å². The molecule has 0 bridgehead atoms. The van der Waals surface area contributed by atoms with Gasteiger partial charge in [0.15, 0.2) is 0 Å². The summed E-state index contributed by atoms with van der Waals surface area (Å²) in [7, 11) is 0. The molecule has 0 aromatic heterocycles. The van der Waals surface area contributed by atoms with Crippen LogP contribution in [0.25, 0.3) is 0 Å². The second-order valence-corrected chi connectivity index (χ2v) is 5.16. The van der Waals surface area contributed by atoms with E-state index in [2.05, 4.69) is 0 Å². The minimum absolute atomic E-state index is 0.195. The van der Waals surface area contributed by atoms with Crippen molar-refractivity contribution in [3.63, 3.8) is 0 Å². The predicted octanol–water partition coefficient (Wildman–Crippen LogP) is 1.83. The minimum Gasteiger partial charge on any atom is -0.481 e. The van der Waals surface area contributed by atoms with Gasteiger partial charge in [-0.05, 0) is 39.5 Å². The Morgan fingerprint density at radius 2 is 1.87 bits per heavy atom. The van der Waals surface area contributed by atoms with Crippen molar-refractivity contribution >= 4 is 11.9 Å². The number of carbonyl (C=O) groups excluding carboxylic acids is 1. The average Bonchev–Trinajstić information content (AvgIpc) is 1.91. The lowest BCUT2D eigenvalue weighted by Gasteiger charge is -2.32. The van der Waals surface area contributed by atoms with Gasteiger partial charge in [-0.2, -0.15) is 0 Å². The van der Waals surface area contributed by atoms with Crippen molar-refractivity contribution in [1.82, 2.24) is 0 Å². The number of aliphatic carboxylic acids is 1. The summed E-state index contributed by atoms with van der Waals surface area (Å²) < 4.78 is 5.15. The summed E-state index contributed by atoms with van der Waals surface area (Å²) in [5.41, 5.74) is -0.451. The van der Waals surface area contributed by atoms with Crippen molar-refractivity contribution in [3.8, 4) is 0 Å². The zero-order valence-electron chi connectivity index (χ0n) is 9.45. The van der Waals surface area contributed by atoms with Crippen LogP contribution < -0.4 is 0 Å². The summed E-state index contributed by atoms with van der Waals surface area (Å²) >= 11 is 0. The van der Waals surface area contributed by atoms with Crippen LogP contribution in [-0.4, -0.2) is 22.6 Å². The maximum atomic E-state index is 11.4. The third kappa shape index (κ3) is 3.90. The zero-order chi connectivity index (χ0) is 11.6. The topological polar surface area (TPSA) is 63.6 Å². The fraction of sp³-hybridized carbons (Fsp3) is 0.818. The molecular formula is C11H18O4. The lowest BCUT2D eigenvalue weighted by molar-refractivity contribution is -0.159. The highest BCUT2D eigenvalue weighted by Gasteiger charge is 2.36. The van der Waals surface area contributed by atoms with Crippen LogP contribution in [0.4, 0.5) is 0 Å². The highest BCUT2D eigenvalue weighted by molar-refractivity contribution is 5.73. The summed E-state index contributed by atoms with van der Waals surface area (Å²) in [6.45, 7) is 5.48. The molecule has 4 heteroatoms. The summed E-state index contributed by atoms with van der Waals surface area (Å²) in [6, 6.07) is 0. The van der Waals surface area contributed by atoms with Gasteiger partial charge in [0.05, 0.1) is 5.92 Å². The quantitative estimate of drug-likeness (QED) is 0.728. The van der Waals surface area contributed by atoms with E-state index in [0.717, 1.165) is 0 Å². The second-order valence-electron chi connectivity index (χ2n) is 5.16. The van der Waals surface area contributed by atoms with E-state index in [0.29, 0.717) is 19.3 Å². The molecule has 0 aromatic rings. The molecule has 1 fully saturated rings. The van der Waals surface area contributed by atoms with Crippen LogP contribution in [-0.2, 0) is 14.3 Å². The molecule has 1 N–H and O–H groups in total. The average molecular weight is 214 g/mol. The Bertz CT molecular complexity index is 258. The Balaban J connectivity index is 2.22.